The van der Waals surface area contributed by atoms with Crippen LogP contribution >= 0.6 is 0 Å². The van der Waals surface area contributed by atoms with Crippen molar-refractivity contribution >= 4 is 46.0 Å². The summed E-state index contributed by atoms with van der Waals surface area (Å²) >= 11 is 0. The van der Waals surface area contributed by atoms with Gasteiger partial charge in [0.25, 0.3) is 11.8 Å². The number of fused-ring (bicyclic) bond motifs is 2. The van der Waals surface area contributed by atoms with Gasteiger partial charge in [0, 0.05) is 89.0 Å². The molecule has 0 radical (unpaired) electrons. The molecule has 2 aromatic heterocycles. The van der Waals surface area contributed by atoms with Crippen LogP contribution in [-0.2, 0) is 14.3 Å². The van der Waals surface area contributed by atoms with E-state index in [-0.39, 0.29) is 30.5 Å². The molecule has 1 saturated carbocycles. The maximum Gasteiger partial charge on any atom is 0.262 e. The van der Waals surface area contributed by atoms with Crippen LogP contribution in [-0.4, -0.2) is 148 Å². The quantitative estimate of drug-likeness (QED) is 0.211. The number of nitrogens with zero attached hydrogens (tertiary/aromatic N) is 8. The van der Waals surface area contributed by atoms with Gasteiger partial charge in [0.15, 0.2) is 0 Å². The van der Waals surface area contributed by atoms with Crippen LogP contribution in [0.5, 0.6) is 5.75 Å². The molecule has 1 aliphatic carbocycles. The molecule has 314 valence electrons. The Morgan fingerprint density at radius 2 is 1.65 bits per heavy atom. The first-order chi connectivity index (χ1) is 29.2. The summed E-state index contributed by atoms with van der Waals surface area (Å²) in [4.78, 5) is 70.7. The number of morpholine rings is 1. The van der Waals surface area contributed by atoms with E-state index in [2.05, 4.69) is 58.1 Å². The average molecular weight is 817 g/mol. The first-order valence-corrected chi connectivity index (χ1v) is 21.6. The topological polar surface area (TPSA) is 169 Å². The van der Waals surface area contributed by atoms with Crippen molar-refractivity contribution in [3.63, 3.8) is 0 Å². The third-order valence-corrected chi connectivity index (χ3v) is 13.4. The number of nitrogens with one attached hydrogen (secondary N) is 2. The van der Waals surface area contributed by atoms with Gasteiger partial charge in [0.05, 0.1) is 35.0 Å². The standard InChI is InChI=1S/C44H52N10O6/c1-44(11-12-44)60-30-3-5-35-34(23-30)40(49-48-35)36-24-38(46-27-45-36)53-20-21-59-31(26-53)10-13-50-16-18-51(19-17-50)25-28-8-14-52(15-9-28)29-2-4-32-33(22-29)43(58)54(42(32)57)37-6-7-39(55)47-41(37)56/h2-5,22-24,27-28,31,37H,6-21,25-26H2,1H3,(H,48,49)(H,47,55,56)/t31-,37?/m0/s1. The second kappa shape index (κ2) is 15.9. The van der Waals surface area contributed by atoms with E-state index < -0.39 is 23.8 Å². The minimum Gasteiger partial charge on any atom is -0.488 e. The van der Waals surface area contributed by atoms with Gasteiger partial charge in [-0.1, -0.05) is 0 Å². The van der Waals surface area contributed by atoms with Crippen LogP contribution in [0, 0.1) is 5.92 Å². The van der Waals surface area contributed by atoms with Gasteiger partial charge in [-0.25, -0.2) is 9.97 Å². The van der Waals surface area contributed by atoms with Crippen molar-refractivity contribution in [3.05, 3.63) is 59.9 Å². The molecule has 16 heteroatoms. The highest BCUT2D eigenvalue weighted by Crippen LogP contribution is 2.41. The molecular weight excluding hydrogens is 765 g/mol. The molecule has 2 atom stereocenters. The summed E-state index contributed by atoms with van der Waals surface area (Å²) in [5.41, 5.74) is 4.04. The monoisotopic (exact) mass is 816 g/mol. The minimum absolute atomic E-state index is 0.0551. The van der Waals surface area contributed by atoms with Crippen molar-refractivity contribution in [2.24, 2.45) is 5.92 Å². The van der Waals surface area contributed by atoms with E-state index in [4.69, 9.17) is 9.47 Å². The Labute approximate surface area is 348 Å². The number of benzene rings is 2. The van der Waals surface area contributed by atoms with Crippen molar-refractivity contribution in [1.29, 1.82) is 0 Å². The zero-order valence-corrected chi connectivity index (χ0v) is 34.1. The van der Waals surface area contributed by atoms with E-state index in [1.165, 1.54) is 0 Å². The van der Waals surface area contributed by atoms with Crippen molar-refractivity contribution in [3.8, 4) is 17.1 Å². The number of hydrogen-bond donors (Lipinski definition) is 2. The number of piperazine rings is 1. The van der Waals surface area contributed by atoms with Gasteiger partial charge in [-0.05, 0) is 87.8 Å². The van der Waals surface area contributed by atoms with E-state index in [1.54, 1.807) is 18.5 Å². The molecule has 16 nitrogen and oxygen atoms in total. The van der Waals surface area contributed by atoms with Gasteiger partial charge >= 0.3 is 0 Å². The van der Waals surface area contributed by atoms with E-state index in [1.807, 2.05) is 24.3 Å². The Hall–Kier alpha value is -5.45. The van der Waals surface area contributed by atoms with Crippen molar-refractivity contribution in [2.75, 3.05) is 81.9 Å². The zero-order chi connectivity index (χ0) is 41.0. The number of anilines is 2. The molecule has 0 bridgehead atoms. The summed E-state index contributed by atoms with van der Waals surface area (Å²) in [5.74, 6) is 0.436. The Morgan fingerprint density at radius 1 is 0.850 bits per heavy atom. The number of aromatic amines is 1. The highest BCUT2D eigenvalue weighted by atomic mass is 16.5. The van der Waals surface area contributed by atoms with E-state index in [0.717, 1.165) is 142 Å². The summed E-state index contributed by atoms with van der Waals surface area (Å²) in [6.07, 6.45) is 7.26. The molecule has 10 rings (SSSR count). The van der Waals surface area contributed by atoms with Crippen molar-refractivity contribution in [2.45, 2.75) is 69.6 Å². The third-order valence-electron chi connectivity index (χ3n) is 13.4. The number of aromatic nitrogens is 4. The van der Waals surface area contributed by atoms with Crippen molar-refractivity contribution < 1.29 is 28.7 Å². The van der Waals surface area contributed by atoms with Crippen LogP contribution < -0.4 is 19.9 Å². The fraction of sp³-hybridized carbons (Fsp3) is 0.523. The van der Waals surface area contributed by atoms with E-state index >= 15 is 0 Å². The minimum atomic E-state index is -0.958. The van der Waals surface area contributed by atoms with Gasteiger partial charge in [-0.15, -0.1) is 0 Å². The lowest BCUT2D eigenvalue weighted by Gasteiger charge is -2.40. The number of piperidine rings is 2. The van der Waals surface area contributed by atoms with Gasteiger partial charge in [-0.3, -0.25) is 34.5 Å². The molecule has 6 aliphatic rings. The summed E-state index contributed by atoms with van der Waals surface area (Å²) in [7, 11) is 0. The first kappa shape index (κ1) is 38.7. The number of ether oxygens (including phenoxy) is 2. The largest absolute Gasteiger partial charge is 0.488 e. The lowest BCUT2D eigenvalue weighted by Crippen LogP contribution is -2.54. The maximum absolute atomic E-state index is 13.4. The van der Waals surface area contributed by atoms with Crippen molar-refractivity contribution in [1.82, 2.24) is 40.2 Å². The maximum atomic E-state index is 13.4. The SMILES string of the molecule is CC1(Oc2ccc3[nH]nc(-c4cc(N5CCO[C@@H](CCN6CCN(CC7CCN(c8ccc9c(c8)C(=O)N(C8CCC(=O)NC8=O)C9=O)CC7)CC6)C5)ncn4)c3c2)CC1. The van der Waals surface area contributed by atoms with E-state index in [0.29, 0.717) is 23.7 Å². The summed E-state index contributed by atoms with van der Waals surface area (Å²) in [6, 6.07) is 12.6. The predicted molar refractivity (Wildman–Crippen MR) is 223 cm³/mol. The lowest BCUT2D eigenvalue weighted by molar-refractivity contribution is -0.136. The van der Waals surface area contributed by atoms with Crippen LogP contribution in [0.25, 0.3) is 22.3 Å². The molecule has 2 N–H and O–H groups in total. The molecule has 5 aliphatic heterocycles. The molecule has 4 aromatic rings. The van der Waals surface area contributed by atoms with Gasteiger partial charge in [0.2, 0.25) is 11.8 Å². The van der Waals surface area contributed by atoms with Crippen LogP contribution in [0.3, 0.4) is 0 Å². The third kappa shape index (κ3) is 7.83. The number of rotatable bonds is 11. The molecule has 5 fully saturated rings. The molecule has 7 heterocycles. The van der Waals surface area contributed by atoms with Gasteiger partial charge < -0.3 is 29.1 Å². The van der Waals surface area contributed by atoms with Crippen LogP contribution in [0.4, 0.5) is 11.5 Å². The molecule has 0 spiro atoms. The van der Waals surface area contributed by atoms with Crippen LogP contribution in [0.15, 0.2) is 48.8 Å². The Morgan fingerprint density at radius 3 is 2.45 bits per heavy atom. The molecule has 1 unspecified atom stereocenters. The molecule has 60 heavy (non-hydrogen) atoms. The molecule has 4 saturated heterocycles. The number of imide groups is 2. The molecule has 4 amide bonds. The fourth-order valence-electron chi connectivity index (χ4n) is 9.48. The summed E-state index contributed by atoms with van der Waals surface area (Å²) in [5, 5.41) is 11.0. The Bertz CT molecular complexity index is 2310. The second-order valence-corrected chi connectivity index (χ2v) is 17.6. The average Bonchev–Trinajstić information content (AvgIpc) is 3.75. The predicted octanol–water partition coefficient (Wildman–Crippen LogP) is 3.48. The van der Waals surface area contributed by atoms with Gasteiger partial charge in [-0.2, -0.15) is 5.10 Å². The summed E-state index contributed by atoms with van der Waals surface area (Å²) in [6.45, 7) is 12.4. The highest BCUT2D eigenvalue weighted by molar-refractivity contribution is 6.23. The highest BCUT2D eigenvalue weighted by Gasteiger charge is 2.45. The molecule has 2 aromatic carbocycles. The first-order valence-electron chi connectivity index (χ1n) is 21.6. The number of amides is 4. The molecular formula is C44H52N10O6. The van der Waals surface area contributed by atoms with Crippen LogP contribution in [0.1, 0.15) is 72.6 Å². The smallest absolute Gasteiger partial charge is 0.262 e. The second-order valence-electron chi connectivity index (χ2n) is 17.6. The zero-order valence-electron chi connectivity index (χ0n) is 34.1. The lowest BCUT2D eigenvalue weighted by atomic mass is 9.95. The Balaban J connectivity index is 0.672. The number of carbonyl (C=O) groups excluding carboxylic acids is 4. The van der Waals surface area contributed by atoms with E-state index in [9.17, 15) is 19.2 Å². The number of carbonyl (C=O) groups is 4. The Kier molecular flexibility index (Phi) is 10.2. The van der Waals surface area contributed by atoms with Crippen LogP contribution in [0.2, 0.25) is 0 Å². The fourth-order valence-corrected chi connectivity index (χ4v) is 9.48. The normalized spacial score (nSPS) is 24.0. The van der Waals surface area contributed by atoms with Gasteiger partial charge in [0.1, 0.15) is 35.2 Å². The number of hydrogen-bond acceptors (Lipinski definition) is 13. The number of H-pyrrole nitrogens is 1. The summed E-state index contributed by atoms with van der Waals surface area (Å²) < 4.78 is 12.5.